The average Bonchev–Trinajstić information content (AvgIpc) is 1.82. The van der Waals surface area contributed by atoms with Gasteiger partial charge in [-0.15, -0.1) is 0 Å². The number of esters is 2. The van der Waals surface area contributed by atoms with Gasteiger partial charge < -0.3 is 38.0 Å². The van der Waals surface area contributed by atoms with E-state index in [9.17, 15) is 29.4 Å². The van der Waals surface area contributed by atoms with Gasteiger partial charge in [-0.05, 0) is 80.1 Å². The van der Waals surface area contributed by atoms with Crippen LogP contribution < -0.4 is 30.2 Å². The predicted octanol–water partition coefficient (Wildman–Crippen LogP) is 9.23. The first-order chi connectivity index (χ1) is 39.0. The van der Waals surface area contributed by atoms with Crippen LogP contribution >= 0.6 is 0 Å². The number of aliphatic hydroxyl groups excluding tert-OH is 2. The van der Waals surface area contributed by atoms with E-state index < -0.39 is 110 Å². The van der Waals surface area contributed by atoms with Gasteiger partial charge in [0, 0.05) is 11.1 Å². The summed E-state index contributed by atoms with van der Waals surface area (Å²) in [6.07, 6.45) is -5.24. The molecule has 2 aliphatic heterocycles. The molecule has 0 bridgehead atoms. The molecule has 82 heavy (non-hydrogen) atoms. The molecule has 2 unspecified atom stereocenters. The van der Waals surface area contributed by atoms with E-state index in [4.69, 9.17) is 27.8 Å². The van der Waals surface area contributed by atoms with Gasteiger partial charge in [0.25, 0.3) is 16.6 Å². The smallest absolute Gasteiger partial charge is 0.308 e. The van der Waals surface area contributed by atoms with E-state index in [2.05, 4.69) is 41.5 Å². The standard InChI is InChI=1S/C66H66O14Si2/c1-37(67)53-57(63-49(35-51(69)77-63)79-81(65(3,4)5,41-23-15-11-16-24-41)42-25-17-12-18-26-42)61(73)55-45(59(53)71)31-39(33-47(55)75-9)40-32-46-56(48(34-40)76-10)62(74)58(54(38(2)68)60(46)72)64-50(36-52(70)78-64)80-82(66(6,7)8,43-27-19-13-20-28-43)44-29-21-14-22-30-44/h11-34,49-50,57-58,63-64,71-72H,35-36H2,1-10H3/t49-,50-,57?,58?,63+,64+/m1/s1. The van der Waals surface area contributed by atoms with Crippen molar-refractivity contribution in [3.8, 4) is 22.6 Å². The fourth-order valence-electron chi connectivity index (χ4n) is 13.1. The van der Waals surface area contributed by atoms with Gasteiger partial charge in [-0.2, -0.15) is 0 Å². The highest BCUT2D eigenvalue weighted by atomic mass is 28.4. The Kier molecular flexibility index (Phi) is 15.1. The molecule has 6 atom stereocenters. The van der Waals surface area contributed by atoms with Crippen LogP contribution in [0, 0.1) is 11.8 Å². The number of carbonyl (C=O) groups is 6. The summed E-state index contributed by atoms with van der Waals surface area (Å²) in [7, 11) is -4.10. The van der Waals surface area contributed by atoms with Gasteiger partial charge in [-0.25, -0.2) is 0 Å². The summed E-state index contributed by atoms with van der Waals surface area (Å²) < 4.78 is 38.8. The first-order valence-corrected chi connectivity index (χ1v) is 31.2. The quantitative estimate of drug-likeness (QED) is 0.0729. The Morgan fingerprint density at radius 2 is 0.780 bits per heavy atom. The number of carbonyl (C=O) groups excluding carboxylic acids is 6. The van der Waals surface area contributed by atoms with Gasteiger partial charge in [0.1, 0.15) is 35.2 Å². The molecule has 422 valence electrons. The molecule has 0 spiro atoms. The van der Waals surface area contributed by atoms with E-state index in [0.29, 0.717) is 0 Å². The van der Waals surface area contributed by atoms with Crippen LogP contribution in [0.3, 0.4) is 0 Å². The van der Waals surface area contributed by atoms with Gasteiger partial charge in [0.15, 0.2) is 23.1 Å². The Hall–Kier alpha value is -8.03. The normalized spacial score (nSPS) is 21.2. The molecule has 2 heterocycles. The zero-order chi connectivity index (χ0) is 58.8. The lowest BCUT2D eigenvalue weighted by Crippen LogP contribution is -2.68. The summed E-state index contributed by atoms with van der Waals surface area (Å²) in [6, 6.07) is 45.1. The van der Waals surface area contributed by atoms with E-state index in [1.54, 1.807) is 0 Å². The maximum Gasteiger partial charge on any atom is 0.308 e. The van der Waals surface area contributed by atoms with Crippen LogP contribution in [0.25, 0.3) is 22.6 Å². The molecule has 2 fully saturated rings. The average molecular weight is 1140 g/mol. The summed E-state index contributed by atoms with van der Waals surface area (Å²) in [5.41, 5.74) is -0.316. The minimum absolute atomic E-state index is 0.0163. The highest BCUT2D eigenvalue weighted by molar-refractivity contribution is 7.00. The van der Waals surface area contributed by atoms with Crippen molar-refractivity contribution in [3.05, 3.63) is 179 Å². The Balaban J connectivity index is 1.06. The maximum atomic E-state index is 15.4. The van der Waals surface area contributed by atoms with Crippen molar-refractivity contribution in [3.63, 3.8) is 0 Å². The molecule has 16 heteroatoms. The summed E-state index contributed by atoms with van der Waals surface area (Å²) in [5, 5.41) is 27.5. The first-order valence-electron chi connectivity index (χ1n) is 27.4. The molecule has 2 N–H and O–H groups in total. The van der Waals surface area contributed by atoms with Gasteiger partial charge in [0.2, 0.25) is 0 Å². The van der Waals surface area contributed by atoms with Crippen LogP contribution in [0.2, 0.25) is 10.1 Å². The molecule has 2 saturated heterocycles. The molecule has 14 nitrogen and oxygen atoms in total. The molecule has 4 aliphatic rings. The Morgan fingerprint density at radius 1 is 0.488 bits per heavy atom. The summed E-state index contributed by atoms with van der Waals surface area (Å²) in [4.78, 5) is 86.0. The lowest BCUT2D eigenvalue weighted by Gasteiger charge is -2.45. The number of ketones is 4. The third-order valence-electron chi connectivity index (χ3n) is 16.6. The zero-order valence-electron chi connectivity index (χ0n) is 47.5. The largest absolute Gasteiger partial charge is 0.507 e. The highest BCUT2D eigenvalue weighted by Crippen LogP contribution is 2.50. The van der Waals surface area contributed by atoms with Crippen molar-refractivity contribution < 1.29 is 66.8 Å². The van der Waals surface area contributed by atoms with Gasteiger partial charge in [-0.1, -0.05) is 163 Å². The molecule has 2 aliphatic carbocycles. The number of rotatable bonds is 15. The van der Waals surface area contributed by atoms with Crippen molar-refractivity contribution >= 4 is 84.0 Å². The number of Topliss-reactive ketones (excluding diaryl/α,β-unsaturated/α-hetero) is 4. The van der Waals surface area contributed by atoms with Crippen molar-refractivity contribution in [1.82, 2.24) is 0 Å². The lowest BCUT2D eigenvalue weighted by atomic mass is 9.74. The number of ether oxygens (including phenoxy) is 4. The van der Waals surface area contributed by atoms with Gasteiger partial charge in [0.05, 0.1) is 73.4 Å². The van der Waals surface area contributed by atoms with Gasteiger partial charge in [-0.3, -0.25) is 28.8 Å². The third-order valence-corrected chi connectivity index (χ3v) is 26.7. The Bertz CT molecular complexity index is 3300. The molecule has 0 aromatic heterocycles. The Morgan fingerprint density at radius 3 is 1.04 bits per heavy atom. The number of benzene rings is 6. The van der Waals surface area contributed by atoms with Crippen LogP contribution in [0.4, 0.5) is 0 Å². The number of hydrogen-bond donors (Lipinski definition) is 2. The number of aliphatic hydroxyl groups is 2. The van der Waals surface area contributed by atoms with Crippen molar-refractivity contribution in [2.75, 3.05) is 14.2 Å². The lowest BCUT2D eigenvalue weighted by molar-refractivity contribution is -0.143. The van der Waals surface area contributed by atoms with Crippen molar-refractivity contribution in [1.29, 1.82) is 0 Å². The highest BCUT2D eigenvalue weighted by Gasteiger charge is 2.59. The molecule has 6 aromatic carbocycles. The number of methoxy groups -OCH3 is 2. The minimum atomic E-state index is -3.39. The molecule has 0 radical (unpaired) electrons. The summed E-state index contributed by atoms with van der Waals surface area (Å²) in [6.45, 7) is 14.9. The van der Waals surface area contributed by atoms with E-state index in [-0.39, 0.29) is 68.9 Å². The second kappa shape index (κ2) is 21.7. The van der Waals surface area contributed by atoms with Crippen LogP contribution in [0.15, 0.2) is 157 Å². The second-order valence-corrected chi connectivity index (χ2v) is 32.0. The third kappa shape index (κ3) is 9.44. The predicted molar refractivity (Wildman–Crippen MR) is 315 cm³/mol. The van der Waals surface area contributed by atoms with E-state index >= 15 is 9.59 Å². The van der Waals surface area contributed by atoms with Crippen molar-refractivity contribution in [2.24, 2.45) is 11.8 Å². The van der Waals surface area contributed by atoms with Crippen LogP contribution in [0.5, 0.6) is 11.5 Å². The van der Waals surface area contributed by atoms with E-state index in [1.165, 1.54) is 52.3 Å². The fourth-order valence-corrected chi connectivity index (χ4v) is 22.4. The molecule has 10 rings (SSSR count). The van der Waals surface area contributed by atoms with Crippen LogP contribution in [0.1, 0.15) is 100 Å². The summed E-state index contributed by atoms with van der Waals surface area (Å²) >= 11 is 0. The molecule has 0 saturated carbocycles. The molecular weight excluding hydrogens is 1070 g/mol. The zero-order valence-corrected chi connectivity index (χ0v) is 49.5. The number of fused-ring (bicyclic) bond motifs is 2. The van der Waals surface area contributed by atoms with Gasteiger partial charge >= 0.3 is 11.9 Å². The van der Waals surface area contributed by atoms with E-state index in [0.717, 1.165) is 20.7 Å². The molecular formula is C66H66O14Si2. The minimum Gasteiger partial charge on any atom is -0.507 e. The fraction of sp³-hybridized carbons (Fsp3) is 0.303. The second-order valence-electron chi connectivity index (χ2n) is 23.5. The molecule has 6 aromatic rings. The van der Waals surface area contributed by atoms with Crippen LogP contribution in [-0.2, 0) is 37.5 Å². The van der Waals surface area contributed by atoms with E-state index in [1.807, 2.05) is 121 Å². The summed E-state index contributed by atoms with van der Waals surface area (Å²) in [5.74, 6) is -8.06. The SMILES string of the molecule is COc1cc(-c2cc(OC)c3c(c2)C(O)=C(C(C)=O)C([C@H]2OC(=O)C[C@H]2O[Si](c2ccccc2)(c2ccccc2)C(C)(C)C)C3=O)cc2c1C(=O)C([C@H]1OC(=O)C[C@H]1O[Si](c1ccccc1)(c1ccccc1)C(C)(C)C)C(C(C)=O)=C2O. The number of cyclic esters (lactones) is 2. The number of hydrogen-bond acceptors (Lipinski definition) is 14. The van der Waals surface area contributed by atoms with Crippen LogP contribution in [-0.4, -0.2) is 101 Å². The monoisotopic (exact) mass is 1140 g/mol. The molecule has 0 amide bonds. The first kappa shape index (κ1) is 57.2. The maximum absolute atomic E-state index is 15.4. The topological polar surface area (TPSA) is 198 Å². The van der Waals surface area contributed by atoms with Crippen molar-refractivity contribution in [2.45, 2.75) is 103 Å². The Labute approximate surface area is 479 Å².